The maximum atomic E-state index is 11.9. The summed E-state index contributed by atoms with van der Waals surface area (Å²) in [5.41, 5.74) is 0.515. The number of anilines is 1. The predicted molar refractivity (Wildman–Crippen MR) is 103 cm³/mol. The quantitative estimate of drug-likeness (QED) is 0.520. The first-order valence-electron chi connectivity index (χ1n) is 8.00. The molecule has 27 heavy (non-hydrogen) atoms. The maximum absolute atomic E-state index is 11.9. The van der Waals surface area contributed by atoms with Gasteiger partial charge < -0.3 is 24.3 Å². The smallest absolute Gasteiger partial charge is 0.316 e. The van der Waals surface area contributed by atoms with Crippen molar-refractivity contribution in [3.63, 3.8) is 0 Å². The fraction of sp³-hybridized carbons (Fsp3) is 0.263. The number of esters is 1. The third-order valence-corrected chi connectivity index (χ3v) is 4.43. The summed E-state index contributed by atoms with van der Waals surface area (Å²) < 4.78 is 20.4. The van der Waals surface area contributed by atoms with Gasteiger partial charge in [0.1, 0.15) is 5.75 Å². The average molecular weight is 391 g/mol. The van der Waals surface area contributed by atoms with Gasteiger partial charge in [0.15, 0.2) is 18.1 Å². The molecule has 0 aliphatic heterocycles. The number of hydrogen-bond acceptors (Lipinski definition) is 7. The molecule has 0 fully saturated rings. The van der Waals surface area contributed by atoms with Gasteiger partial charge >= 0.3 is 5.97 Å². The highest BCUT2D eigenvalue weighted by atomic mass is 32.2. The van der Waals surface area contributed by atoms with Crippen LogP contribution in [0.5, 0.6) is 17.2 Å². The third-order valence-electron chi connectivity index (χ3n) is 3.45. The highest BCUT2D eigenvalue weighted by Gasteiger charge is 2.11. The Bertz CT molecular complexity index is 778. The van der Waals surface area contributed by atoms with Crippen molar-refractivity contribution >= 4 is 29.3 Å². The van der Waals surface area contributed by atoms with E-state index in [-0.39, 0.29) is 12.4 Å². The molecule has 8 heteroatoms. The Morgan fingerprint density at radius 3 is 2.26 bits per heavy atom. The van der Waals surface area contributed by atoms with Crippen molar-refractivity contribution < 1.29 is 28.5 Å². The van der Waals surface area contributed by atoms with Gasteiger partial charge in [0.25, 0.3) is 5.91 Å². The van der Waals surface area contributed by atoms with Crippen molar-refractivity contribution in [2.75, 3.05) is 39.0 Å². The van der Waals surface area contributed by atoms with Crippen LogP contribution >= 0.6 is 11.8 Å². The van der Waals surface area contributed by atoms with E-state index in [0.29, 0.717) is 17.2 Å². The van der Waals surface area contributed by atoms with Gasteiger partial charge in [0.2, 0.25) is 0 Å². The van der Waals surface area contributed by atoms with Gasteiger partial charge in [-0.3, -0.25) is 9.59 Å². The van der Waals surface area contributed by atoms with E-state index in [4.69, 9.17) is 18.9 Å². The van der Waals surface area contributed by atoms with Crippen LogP contribution in [0.15, 0.2) is 47.4 Å². The molecule has 0 aliphatic carbocycles. The molecule has 0 aliphatic rings. The first-order chi connectivity index (χ1) is 13.0. The molecule has 1 N–H and O–H groups in total. The monoisotopic (exact) mass is 391 g/mol. The Balaban J connectivity index is 1.76. The Morgan fingerprint density at radius 1 is 0.926 bits per heavy atom. The number of benzene rings is 2. The lowest BCUT2D eigenvalue weighted by Crippen LogP contribution is -2.21. The van der Waals surface area contributed by atoms with Crippen LogP contribution < -0.4 is 19.5 Å². The van der Waals surface area contributed by atoms with Gasteiger partial charge in [-0.25, -0.2) is 0 Å². The number of amides is 1. The van der Waals surface area contributed by atoms with E-state index in [1.54, 1.807) is 25.3 Å². The van der Waals surface area contributed by atoms with Gasteiger partial charge in [0.05, 0.1) is 27.1 Å². The maximum Gasteiger partial charge on any atom is 0.316 e. The molecule has 0 saturated heterocycles. The normalized spacial score (nSPS) is 10.0. The largest absolute Gasteiger partial charge is 0.497 e. The third kappa shape index (κ3) is 6.41. The average Bonchev–Trinajstić information content (AvgIpc) is 2.70. The van der Waals surface area contributed by atoms with Gasteiger partial charge in [-0.2, -0.15) is 0 Å². The second-order valence-corrected chi connectivity index (χ2v) is 6.29. The van der Waals surface area contributed by atoms with Crippen molar-refractivity contribution in [2.24, 2.45) is 0 Å². The molecule has 0 saturated carbocycles. The molecule has 2 aromatic rings. The van der Waals surface area contributed by atoms with Crippen LogP contribution in [0, 0.1) is 0 Å². The predicted octanol–water partition coefficient (Wildman–Crippen LogP) is 2.99. The number of ether oxygens (including phenoxy) is 4. The Hall–Kier alpha value is -2.87. The topological polar surface area (TPSA) is 83.1 Å². The lowest BCUT2D eigenvalue weighted by Gasteiger charge is -2.10. The molecular formula is C19H21NO6S. The minimum Gasteiger partial charge on any atom is -0.497 e. The van der Waals surface area contributed by atoms with Crippen molar-refractivity contribution in [3.8, 4) is 17.2 Å². The fourth-order valence-electron chi connectivity index (χ4n) is 2.11. The summed E-state index contributed by atoms with van der Waals surface area (Å²) in [5, 5.41) is 2.64. The van der Waals surface area contributed by atoms with Crippen molar-refractivity contribution in [2.45, 2.75) is 4.90 Å². The number of thioether (sulfide) groups is 1. The first kappa shape index (κ1) is 20.4. The molecule has 2 rings (SSSR count). The number of rotatable bonds is 9. The van der Waals surface area contributed by atoms with Gasteiger partial charge in [-0.05, 0) is 36.4 Å². The zero-order chi connectivity index (χ0) is 19.6. The molecule has 2 aromatic carbocycles. The number of nitrogens with one attached hydrogen (secondary N) is 1. The van der Waals surface area contributed by atoms with E-state index < -0.39 is 11.9 Å². The molecule has 0 heterocycles. The molecule has 1 amide bonds. The van der Waals surface area contributed by atoms with Crippen molar-refractivity contribution in [1.29, 1.82) is 0 Å². The zero-order valence-corrected chi connectivity index (χ0v) is 16.1. The van der Waals surface area contributed by atoms with Crippen LogP contribution in [0.25, 0.3) is 0 Å². The second kappa shape index (κ2) is 10.3. The molecular weight excluding hydrogens is 370 g/mol. The number of carbonyl (C=O) groups is 2. The number of methoxy groups -OCH3 is 3. The summed E-state index contributed by atoms with van der Waals surface area (Å²) >= 11 is 1.32. The molecule has 144 valence electrons. The summed E-state index contributed by atoms with van der Waals surface area (Å²) in [6.07, 6.45) is 0. The first-order valence-corrected chi connectivity index (χ1v) is 8.98. The zero-order valence-electron chi connectivity index (χ0n) is 15.3. The molecule has 0 aromatic heterocycles. The summed E-state index contributed by atoms with van der Waals surface area (Å²) in [6, 6.07) is 12.3. The summed E-state index contributed by atoms with van der Waals surface area (Å²) in [6.45, 7) is -0.365. The van der Waals surface area contributed by atoms with Gasteiger partial charge in [-0.1, -0.05) is 0 Å². The van der Waals surface area contributed by atoms with Crippen LogP contribution in [0.2, 0.25) is 0 Å². The van der Waals surface area contributed by atoms with E-state index in [0.717, 1.165) is 10.6 Å². The van der Waals surface area contributed by atoms with Crippen LogP contribution in [0.3, 0.4) is 0 Å². The van der Waals surface area contributed by atoms with Crippen LogP contribution in [-0.4, -0.2) is 45.6 Å². The lowest BCUT2D eigenvalue weighted by atomic mass is 10.2. The molecule has 7 nitrogen and oxygen atoms in total. The standard InChI is InChI=1S/C19H21NO6S/c1-23-14-5-7-15(8-6-14)27-12-19(22)26-11-18(21)20-13-4-9-16(24-2)17(10-13)25-3/h4-10H,11-12H2,1-3H3,(H,20,21). The summed E-state index contributed by atoms with van der Waals surface area (Å²) in [4.78, 5) is 24.6. The van der Waals surface area contributed by atoms with Crippen LogP contribution in [-0.2, 0) is 14.3 Å². The SMILES string of the molecule is COc1ccc(SCC(=O)OCC(=O)Nc2ccc(OC)c(OC)c2)cc1. The molecule has 0 spiro atoms. The van der Waals surface area contributed by atoms with E-state index >= 15 is 0 Å². The molecule has 0 unspecified atom stereocenters. The van der Waals surface area contributed by atoms with Crippen LogP contribution in [0.4, 0.5) is 5.69 Å². The van der Waals surface area contributed by atoms with E-state index in [2.05, 4.69) is 5.32 Å². The second-order valence-electron chi connectivity index (χ2n) is 5.24. The van der Waals surface area contributed by atoms with Gasteiger partial charge in [0, 0.05) is 16.6 Å². The van der Waals surface area contributed by atoms with E-state index in [1.807, 2.05) is 24.3 Å². The van der Waals surface area contributed by atoms with Crippen LogP contribution in [0.1, 0.15) is 0 Å². The fourth-order valence-corrected chi connectivity index (χ4v) is 2.81. The van der Waals surface area contributed by atoms with E-state index in [1.165, 1.54) is 26.0 Å². The Kier molecular flexibility index (Phi) is 7.81. The minimum absolute atomic E-state index is 0.107. The number of carbonyl (C=O) groups excluding carboxylic acids is 2. The lowest BCUT2D eigenvalue weighted by molar-refractivity contribution is -0.144. The molecule has 0 atom stereocenters. The summed E-state index contributed by atoms with van der Waals surface area (Å²) in [7, 11) is 4.62. The van der Waals surface area contributed by atoms with Gasteiger partial charge in [-0.15, -0.1) is 11.8 Å². The minimum atomic E-state index is -0.474. The Morgan fingerprint density at radius 2 is 1.63 bits per heavy atom. The highest BCUT2D eigenvalue weighted by molar-refractivity contribution is 8.00. The number of hydrogen-bond donors (Lipinski definition) is 1. The van der Waals surface area contributed by atoms with Crippen molar-refractivity contribution in [3.05, 3.63) is 42.5 Å². The van der Waals surface area contributed by atoms with Crippen molar-refractivity contribution in [1.82, 2.24) is 0 Å². The highest BCUT2D eigenvalue weighted by Crippen LogP contribution is 2.29. The Labute approximate surface area is 161 Å². The molecule has 0 bridgehead atoms. The molecule has 0 radical (unpaired) electrons. The van der Waals surface area contributed by atoms with E-state index in [9.17, 15) is 9.59 Å². The summed E-state index contributed by atoms with van der Waals surface area (Å²) in [5.74, 6) is 0.980.